The molecule has 0 bridgehead atoms. The van der Waals surface area contributed by atoms with Gasteiger partial charge in [0.1, 0.15) is 11.5 Å². The number of nitrogens with zero attached hydrogens (tertiary/aromatic N) is 2. The van der Waals surface area contributed by atoms with E-state index in [9.17, 15) is 0 Å². The Kier molecular flexibility index (Phi) is 5.76. The molecule has 5 aromatic rings. The van der Waals surface area contributed by atoms with Gasteiger partial charge in [-0.25, -0.2) is 0 Å². The van der Waals surface area contributed by atoms with E-state index in [0.717, 1.165) is 44.8 Å². The van der Waals surface area contributed by atoms with Gasteiger partial charge in [-0.15, -0.1) is 0 Å². The Morgan fingerprint density at radius 1 is 0.778 bits per heavy atom. The number of hydrogen-bond donors (Lipinski definition) is 1. The predicted octanol–water partition coefficient (Wildman–Crippen LogP) is 7.58. The average molecular weight is 468 g/mol. The lowest BCUT2D eigenvalue weighted by Gasteiger charge is -2.30. The summed E-state index contributed by atoms with van der Waals surface area (Å²) in [5.74, 6) is 1.65. The molecule has 0 radical (unpaired) electrons. The van der Waals surface area contributed by atoms with Crippen LogP contribution in [0.15, 0.2) is 126 Å². The number of para-hydroxylation sites is 2. The number of aryl methyl sites for hydroxylation is 1. The fraction of sp³-hybridized carbons (Fsp3) is 0.0625. The smallest absolute Gasteiger partial charge is 0.140 e. The highest BCUT2D eigenvalue weighted by Crippen LogP contribution is 2.45. The zero-order valence-corrected chi connectivity index (χ0v) is 19.9. The molecule has 1 atom stereocenters. The van der Waals surface area contributed by atoms with Crippen LogP contribution in [0.2, 0.25) is 0 Å². The van der Waals surface area contributed by atoms with Crippen molar-refractivity contribution in [2.45, 2.75) is 12.8 Å². The summed E-state index contributed by atoms with van der Waals surface area (Å²) in [5, 5.41) is 5.78. The molecule has 1 N–H and O–H groups in total. The first kappa shape index (κ1) is 21.8. The summed E-state index contributed by atoms with van der Waals surface area (Å²) in [6.07, 6.45) is 3.70. The van der Waals surface area contributed by atoms with E-state index in [1.54, 1.807) is 6.20 Å². The predicted molar refractivity (Wildman–Crippen MR) is 147 cm³/mol. The molecule has 0 unspecified atom stereocenters. The van der Waals surface area contributed by atoms with Gasteiger partial charge in [-0.1, -0.05) is 91.0 Å². The summed E-state index contributed by atoms with van der Waals surface area (Å²) in [6.45, 7) is 2.16. The van der Waals surface area contributed by atoms with Crippen molar-refractivity contribution in [1.82, 2.24) is 4.98 Å². The van der Waals surface area contributed by atoms with Gasteiger partial charge >= 0.3 is 0 Å². The zero-order valence-electron chi connectivity index (χ0n) is 19.9. The molecule has 0 saturated heterocycles. The summed E-state index contributed by atoms with van der Waals surface area (Å²) in [7, 11) is 0. The molecule has 0 spiro atoms. The van der Waals surface area contributed by atoms with Crippen molar-refractivity contribution in [1.29, 1.82) is 0 Å². The van der Waals surface area contributed by atoms with Crippen molar-refractivity contribution < 1.29 is 4.74 Å². The number of rotatable bonds is 5. The lowest BCUT2D eigenvalue weighted by molar-refractivity contribution is 0.489. The van der Waals surface area contributed by atoms with Crippen molar-refractivity contribution >= 4 is 28.6 Å². The minimum absolute atomic E-state index is 0.0254. The minimum Gasteiger partial charge on any atom is -0.456 e. The average Bonchev–Trinajstić information content (AvgIpc) is 2.94. The number of allylic oxidation sites excluding steroid dienone is 1. The SMILES string of the molecule is Cc1ccccc1[C@@H]1C(/C=N\Nc2cccc3cccnc23)=C(c2ccccc2)Oc2ccccc21. The number of fused-ring (bicyclic) bond motifs is 2. The maximum atomic E-state index is 6.54. The molecule has 4 nitrogen and oxygen atoms in total. The van der Waals surface area contributed by atoms with Gasteiger partial charge in [0.15, 0.2) is 0 Å². The van der Waals surface area contributed by atoms with E-state index in [2.05, 4.69) is 65.9 Å². The van der Waals surface area contributed by atoms with Gasteiger partial charge in [0.05, 0.1) is 17.4 Å². The van der Waals surface area contributed by atoms with E-state index < -0.39 is 0 Å². The van der Waals surface area contributed by atoms with Crippen LogP contribution in [-0.4, -0.2) is 11.2 Å². The Balaban J connectivity index is 1.50. The van der Waals surface area contributed by atoms with Crippen LogP contribution in [0, 0.1) is 6.92 Å². The van der Waals surface area contributed by atoms with Crippen LogP contribution in [0.1, 0.15) is 28.2 Å². The van der Waals surface area contributed by atoms with Crippen molar-refractivity contribution in [3.63, 3.8) is 0 Å². The minimum atomic E-state index is -0.0254. The van der Waals surface area contributed by atoms with Crippen LogP contribution in [-0.2, 0) is 0 Å². The monoisotopic (exact) mass is 467 g/mol. The number of nitrogens with one attached hydrogen (secondary N) is 1. The second-order valence-corrected chi connectivity index (χ2v) is 8.83. The zero-order chi connectivity index (χ0) is 24.3. The highest BCUT2D eigenvalue weighted by atomic mass is 16.5. The molecule has 4 aromatic carbocycles. The number of anilines is 1. The Morgan fingerprint density at radius 2 is 1.53 bits per heavy atom. The van der Waals surface area contributed by atoms with Crippen molar-refractivity contribution in [3.05, 3.63) is 143 Å². The van der Waals surface area contributed by atoms with E-state index in [1.807, 2.05) is 66.9 Å². The third-order valence-electron chi connectivity index (χ3n) is 6.57. The molecule has 2 heterocycles. The molecule has 0 aliphatic carbocycles. The lowest BCUT2D eigenvalue weighted by Crippen LogP contribution is -2.18. The summed E-state index contributed by atoms with van der Waals surface area (Å²) >= 11 is 0. The van der Waals surface area contributed by atoms with Gasteiger partial charge in [0.2, 0.25) is 0 Å². The lowest BCUT2D eigenvalue weighted by atomic mass is 9.80. The third kappa shape index (κ3) is 4.03. The molecule has 6 rings (SSSR count). The number of aromatic nitrogens is 1. The molecular weight excluding hydrogens is 442 g/mol. The van der Waals surface area contributed by atoms with Gasteiger partial charge in [0.25, 0.3) is 0 Å². The summed E-state index contributed by atoms with van der Waals surface area (Å²) in [4.78, 5) is 4.54. The molecule has 174 valence electrons. The van der Waals surface area contributed by atoms with Crippen LogP contribution in [0.25, 0.3) is 16.7 Å². The van der Waals surface area contributed by atoms with Crippen molar-refractivity contribution in [2.75, 3.05) is 5.43 Å². The number of hydrogen-bond acceptors (Lipinski definition) is 4. The van der Waals surface area contributed by atoms with Gasteiger partial charge in [-0.05, 0) is 36.2 Å². The number of hydrazone groups is 1. The van der Waals surface area contributed by atoms with E-state index in [-0.39, 0.29) is 5.92 Å². The van der Waals surface area contributed by atoms with Gasteiger partial charge in [-0.3, -0.25) is 10.4 Å². The molecular formula is C32H25N3O. The number of pyridine rings is 1. The molecule has 0 fully saturated rings. The molecule has 0 amide bonds. The highest BCUT2D eigenvalue weighted by Gasteiger charge is 2.31. The van der Waals surface area contributed by atoms with Crippen LogP contribution >= 0.6 is 0 Å². The van der Waals surface area contributed by atoms with Crippen LogP contribution < -0.4 is 10.2 Å². The van der Waals surface area contributed by atoms with Gasteiger partial charge < -0.3 is 4.74 Å². The quantitative estimate of drug-likeness (QED) is 0.214. The number of benzene rings is 4. The van der Waals surface area contributed by atoms with Crippen LogP contribution in [0.4, 0.5) is 5.69 Å². The van der Waals surface area contributed by atoms with Crippen molar-refractivity contribution in [3.8, 4) is 5.75 Å². The summed E-state index contributed by atoms with van der Waals surface area (Å²) in [5.41, 5.74) is 10.6. The first-order valence-electron chi connectivity index (χ1n) is 12.0. The molecule has 1 aromatic heterocycles. The fourth-order valence-electron chi connectivity index (χ4n) is 4.84. The van der Waals surface area contributed by atoms with Gasteiger partial charge in [0, 0.05) is 34.2 Å². The Hall–Kier alpha value is -4.70. The summed E-state index contributed by atoms with van der Waals surface area (Å²) < 4.78 is 6.54. The molecule has 1 aliphatic rings. The Bertz CT molecular complexity index is 1600. The van der Waals surface area contributed by atoms with E-state index in [1.165, 1.54) is 11.1 Å². The van der Waals surface area contributed by atoms with Crippen LogP contribution in [0.3, 0.4) is 0 Å². The van der Waals surface area contributed by atoms with Crippen molar-refractivity contribution in [2.24, 2.45) is 5.10 Å². The maximum absolute atomic E-state index is 6.54. The largest absolute Gasteiger partial charge is 0.456 e. The first-order valence-corrected chi connectivity index (χ1v) is 12.0. The molecule has 1 aliphatic heterocycles. The Morgan fingerprint density at radius 3 is 2.39 bits per heavy atom. The normalized spacial score (nSPS) is 15.1. The van der Waals surface area contributed by atoms with E-state index in [4.69, 9.17) is 9.84 Å². The molecule has 4 heteroatoms. The van der Waals surface area contributed by atoms with E-state index in [0.29, 0.717) is 0 Å². The Labute approximate surface area is 210 Å². The highest BCUT2D eigenvalue weighted by molar-refractivity contribution is 5.95. The summed E-state index contributed by atoms with van der Waals surface area (Å²) in [6, 6.07) is 37.1. The van der Waals surface area contributed by atoms with Gasteiger partial charge in [-0.2, -0.15) is 5.10 Å². The third-order valence-corrected chi connectivity index (χ3v) is 6.57. The second-order valence-electron chi connectivity index (χ2n) is 8.83. The topological polar surface area (TPSA) is 46.5 Å². The first-order chi connectivity index (χ1) is 17.8. The van der Waals surface area contributed by atoms with E-state index >= 15 is 0 Å². The second kappa shape index (κ2) is 9.51. The molecule has 36 heavy (non-hydrogen) atoms. The fourth-order valence-corrected chi connectivity index (χ4v) is 4.84. The molecule has 0 saturated carbocycles. The maximum Gasteiger partial charge on any atom is 0.140 e. The van der Waals surface area contributed by atoms with Crippen LogP contribution in [0.5, 0.6) is 5.75 Å². The number of ether oxygens (including phenoxy) is 1. The standard InChI is InChI=1S/C32H25N3O/c1-22-11-5-6-16-25(22)30-26-17-7-8-19-29(26)36-32(24-12-3-2-4-13-24)27(30)21-34-35-28-18-9-14-23-15-10-20-33-31(23)28/h2-21,30,35H,1H3/b34-21-/t30-/m0/s1.